The third-order valence-electron chi connectivity index (χ3n) is 2.50. The molecule has 1 nitrogen and oxygen atoms in total. The van der Waals surface area contributed by atoms with E-state index in [0.717, 1.165) is 29.5 Å². The minimum absolute atomic E-state index is 0.0997. The number of benzene rings is 1. The van der Waals surface area contributed by atoms with Crippen molar-refractivity contribution in [2.24, 2.45) is 0 Å². The number of aryl methyl sites for hydroxylation is 1. The smallest absolute Gasteiger partial charge is 0.140 e. The molecule has 1 heterocycles. The van der Waals surface area contributed by atoms with Gasteiger partial charge >= 0.3 is 0 Å². The average Bonchev–Trinajstić information content (AvgIpc) is 2.64. The molecular formula is C12H14FNS. The summed E-state index contributed by atoms with van der Waals surface area (Å²) in [6.45, 7) is 1.01. The minimum atomic E-state index is -0.0997. The van der Waals surface area contributed by atoms with Crippen LogP contribution in [0, 0.1) is 5.82 Å². The summed E-state index contributed by atoms with van der Waals surface area (Å²) < 4.78 is 14.2. The molecule has 3 heteroatoms. The Labute approximate surface area is 92.9 Å². The molecule has 0 radical (unpaired) electrons. The number of nitrogens with one attached hydrogen (secondary N) is 1. The lowest BCUT2D eigenvalue weighted by molar-refractivity contribution is 0.641. The van der Waals surface area contributed by atoms with Crippen LogP contribution in [0.1, 0.15) is 12.0 Å². The first kappa shape index (κ1) is 10.6. The van der Waals surface area contributed by atoms with Crippen LogP contribution in [0.2, 0.25) is 0 Å². The maximum absolute atomic E-state index is 13.4. The number of halogens is 1. The molecule has 0 aliphatic carbocycles. The van der Waals surface area contributed by atoms with E-state index in [1.165, 1.54) is 23.0 Å². The summed E-state index contributed by atoms with van der Waals surface area (Å²) >= 11 is 1.50. The Morgan fingerprint density at radius 3 is 3.07 bits per heavy atom. The molecule has 0 saturated carbocycles. The summed E-state index contributed by atoms with van der Waals surface area (Å²) in [5, 5.41) is 6.27. The number of rotatable bonds is 4. The van der Waals surface area contributed by atoms with E-state index in [4.69, 9.17) is 0 Å². The van der Waals surface area contributed by atoms with Gasteiger partial charge in [0.25, 0.3) is 0 Å². The van der Waals surface area contributed by atoms with Crippen LogP contribution >= 0.6 is 11.3 Å². The maximum Gasteiger partial charge on any atom is 0.140 e. The van der Waals surface area contributed by atoms with Gasteiger partial charge in [0, 0.05) is 0 Å². The van der Waals surface area contributed by atoms with Crippen LogP contribution in [0.25, 0.3) is 10.1 Å². The predicted molar refractivity (Wildman–Crippen MR) is 64.0 cm³/mol. The van der Waals surface area contributed by atoms with Crippen LogP contribution in [-0.2, 0) is 6.42 Å². The molecule has 0 aliphatic heterocycles. The second kappa shape index (κ2) is 4.73. The van der Waals surface area contributed by atoms with Crippen LogP contribution in [-0.4, -0.2) is 13.6 Å². The van der Waals surface area contributed by atoms with Crippen molar-refractivity contribution in [1.29, 1.82) is 0 Å². The van der Waals surface area contributed by atoms with E-state index in [2.05, 4.69) is 10.7 Å². The van der Waals surface area contributed by atoms with E-state index in [0.29, 0.717) is 0 Å². The van der Waals surface area contributed by atoms with Gasteiger partial charge in [0.1, 0.15) is 5.82 Å². The van der Waals surface area contributed by atoms with Gasteiger partial charge in [0.2, 0.25) is 0 Å². The van der Waals surface area contributed by atoms with Gasteiger partial charge in [-0.1, -0.05) is 12.1 Å². The third kappa shape index (κ3) is 2.19. The molecule has 15 heavy (non-hydrogen) atoms. The zero-order valence-electron chi connectivity index (χ0n) is 8.72. The van der Waals surface area contributed by atoms with Crippen LogP contribution in [0.3, 0.4) is 0 Å². The molecule has 0 atom stereocenters. The lowest BCUT2D eigenvalue weighted by atomic mass is 10.1. The molecule has 80 valence electrons. The molecule has 0 bridgehead atoms. The minimum Gasteiger partial charge on any atom is -0.320 e. The largest absolute Gasteiger partial charge is 0.320 e. The molecule has 0 amide bonds. The Morgan fingerprint density at radius 2 is 2.27 bits per heavy atom. The van der Waals surface area contributed by atoms with Gasteiger partial charge in [-0.2, -0.15) is 0 Å². The normalized spacial score (nSPS) is 11.1. The van der Waals surface area contributed by atoms with Crippen molar-refractivity contribution in [3.63, 3.8) is 0 Å². The third-order valence-corrected chi connectivity index (χ3v) is 3.56. The Morgan fingerprint density at radius 1 is 1.40 bits per heavy atom. The van der Waals surface area contributed by atoms with Crippen molar-refractivity contribution in [3.8, 4) is 0 Å². The van der Waals surface area contributed by atoms with Crippen LogP contribution in [0.5, 0.6) is 0 Å². The number of hydrogen-bond acceptors (Lipinski definition) is 2. The van der Waals surface area contributed by atoms with E-state index in [-0.39, 0.29) is 5.82 Å². The van der Waals surface area contributed by atoms with Crippen molar-refractivity contribution in [2.75, 3.05) is 13.6 Å². The highest BCUT2D eigenvalue weighted by molar-refractivity contribution is 7.17. The fourth-order valence-electron chi connectivity index (χ4n) is 1.72. The molecular weight excluding hydrogens is 209 g/mol. The van der Waals surface area contributed by atoms with Gasteiger partial charge < -0.3 is 5.32 Å². The van der Waals surface area contributed by atoms with Crippen molar-refractivity contribution in [2.45, 2.75) is 12.8 Å². The number of hydrogen-bond donors (Lipinski definition) is 1. The first-order valence-corrected chi connectivity index (χ1v) is 6.00. The second-order valence-electron chi connectivity index (χ2n) is 3.58. The molecule has 0 aliphatic rings. The molecule has 2 aromatic rings. The fraction of sp³-hybridized carbons (Fsp3) is 0.333. The SMILES string of the molecule is CNCCCc1csc2c(F)cccc12. The van der Waals surface area contributed by atoms with Gasteiger partial charge in [0.15, 0.2) is 0 Å². The molecule has 0 fully saturated rings. The molecule has 1 N–H and O–H groups in total. The van der Waals surface area contributed by atoms with Crippen LogP contribution in [0.4, 0.5) is 4.39 Å². The summed E-state index contributed by atoms with van der Waals surface area (Å²) in [5.41, 5.74) is 1.27. The second-order valence-corrected chi connectivity index (χ2v) is 4.46. The molecule has 1 aromatic heterocycles. The molecule has 0 saturated heterocycles. The summed E-state index contributed by atoms with van der Waals surface area (Å²) in [4.78, 5) is 0. The lowest BCUT2D eigenvalue weighted by Crippen LogP contribution is -2.08. The molecule has 0 unspecified atom stereocenters. The molecule has 2 rings (SSSR count). The van der Waals surface area contributed by atoms with Gasteiger partial charge in [-0.3, -0.25) is 0 Å². The van der Waals surface area contributed by atoms with Crippen molar-refractivity contribution >= 4 is 21.4 Å². The number of thiophene rings is 1. The zero-order chi connectivity index (χ0) is 10.7. The molecule has 1 aromatic carbocycles. The summed E-state index contributed by atoms with van der Waals surface area (Å²) in [5.74, 6) is -0.0997. The van der Waals surface area contributed by atoms with Gasteiger partial charge in [-0.05, 0) is 48.8 Å². The van der Waals surface area contributed by atoms with E-state index >= 15 is 0 Å². The standard InChI is InChI=1S/C12H14FNS/c1-14-7-3-4-9-8-15-12-10(9)5-2-6-11(12)13/h2,5-6,8,14H,3-4,7H2,1H3. The predicted octanol–water partition coefficient (Wildman–Crippen LogP) is 3.19. The maximum atomic E-state index is 13.4. The summed E-state index contributed by atoms with van der Waals surface area (Å²) in [7, 11) is 1.95. The quantitative estimate of drug-likeness (QED) is 0.785. The van der Waals surface area contributed by atoms with E-state index in [1.807, 2.05) is 13.1 Å². The van der Waals surface area contributed by atoms with Gasteiger partial charge in [0.05, 0.1) is 4.70 Å². The lowest BCUT2D eigenvalue weighted by Gasteiger charge is -1.99. The first-order valence-electron chi connectivity index (χ1n) is 5.12. The number of fused-ring (bicyclic) bond motifs is 1. The van der Waals surface area contributed by atoms with E-state index < -0.39 is 0 Å². The summed E-state index contributed by atoms with van der Waals surface area (Å²) in [6.07, 6.45) is 2.11. The Bertz CT molecular complexity index is 450. The van der Waals surface area contributed by atoms with Crippen molar-refractivity contribution < 1.29 is 4.39 Å². The first-order chi connectivity index (χ1) is 7.33. The van der Waals surface area contributed by atoms with E-state index in [9.17, 15) is 4.39 Å². The topological polar surface area (TPSA) is 12.0 Å². The Hall–Kier alpha value is -0.930. The highest BCUT2D eigenvalue weighted by Gasteiger charge is 2.06. The zero-order valence-corrected chi connectivity index (χ0v) is 9.53. The van der Waals surface area contributed by atoms with E-state index in [1.54, 1.807) is 6.07 Å². The average molecular weight is 223 g/mol. The highest BCUT2D eigenvalue weighted by atomic mass is 32.1. The molecule has 0 spiro atoms. The van der Waals surface area contributed by atoms with Crippen LogP contribution in [0.15, 0.2) is 23.6 Å². The van der Waals surface area contributed by atoms with Crippen molar-refractivity contribution in [3.05, 3.63) is 35.0 Å². The monoisotopic (exact) mass is 223 g/mol. The Balaban J connectivity index is 2.25. The van der Waals surface area contributed by atoms with Crippen molar-refractivity contribution in [1.82, 2.24) is 5.32 Å². The Kier molecular flexibility index (Phi) is 3.34. The summed E-state index contributed by atoms with van der Waals surface area (Å²) in [6, 6.07) is 5.31. The highest BCUT2D eigenvalue weighted by Crippen LogP contribution is 2.28. The van der Waals surface area contributed by atoms with Gasteiger partial charge in [-0.15, -0.1) is 11.3 Å². The fourth-order valence-corrected chi connectivity index (χ4v) is 2.74. The van der Waals surface area contributed by atoms with Gasteiger partial charge in [-0.25, -0.2) is 4.39 Å². The van der Waals surface area contributed by atoms with Crippen LogP contribution < -0.4 is 5.32 Å².